The molecule has 1 heterocycles. The second kappa shape index (κ2) is 7.26. The average Bonchev–Trinajstić information content (AvgIpc) is 3.43. The summed E-state index contributed by atoms with van der Waals surface area (Å²) in [6.07, 6.45) is 2.47. The van der Waals surface area contributed by atoms with E-state index in [1.54, 1.807) is 0 Å². The Bertz CT molecular complexity index is 751. The van der Waals surface area contributed by atoms with E-state index in [-0.39, 0.29) is 17.7 Å². The van der Waals surface area contributed by atoms with E-state index < -0.39 is 0 Å². The molecule has 1 aliphatic rings. The number of hydrogen-bond acceptors (Lipinski definition) is 3. The zero-order valence-electron chi connectivity index (χ0n) is 15.2. The maximum atomic E-state index is 11.3. The lowest BCUT2D eigenvalue weighted by molar-refractivity contribution is -0.121. The average molecular weight is 338 g/mol. The Hall–Kier alpha value is -2.36. The number of benzene rings is 1. The smallest absolute Gasteiger partial charge is 0.220 e. The molecule has 1 aliphatic carbocycles. The van der Waals surface area contributed by atoms with Crippen molar-refractivity contribution < 1.29 is 9.53 Å². The number of aromatic nitrogens is 1. The zero-order valence-corrected chi connectivity index (χ0v) is 15.2. The van der Waals surface area contributed by atoms with Gasteiger partial charge < -0.3 is 10.5 Å². The number of aryl methyl sites for hydroxylation is 1. The molecular weight excluding hydrogens is 312 g/mol. The fraction of sp³-hybridized carbons (Fsp3) is 0.429. The molecule has 1 amide bonds. The van der Waals surface area contributed by atoms with Gasteiger partial charge >= 0.3 is 0 Å². The van der Waals surface area contributed by atoms with E-state index in [1.165, 1.54) is 12.8 Å². The Morgan fingerprint density at radius 3 is 2.52 bits per heavy atom. The van der Waals surface area contributed by atoms with Crippen LogP contribution in [-0.4, -0.2) is 10.9 Å². The molecule has 1 aromatic heterocycles. The van der Waals surface area contributed by atoms with E-state index in [0.29, 0.717) is 12.5 Å². The molecule has 2 atom stereocenters. The number of carbonyl (C=O) groups is 1. The van der Waals surface area contributed by atoms with Crippen molar-refractivity contribution in [2.75, 3.05) is 0 Å². The molecular formula is C21H26N2O2. The van der Waals surface area contributed by atoms with Crippen molar-refractivity contribution in [3.05, 3.63) is 58.9 Å². The summed E-state index contributed by atoms with van der Waals surface area (Å²) in [7, 11) is 0. The zero-order chi connectivity index (χ0) is 18.0. The summed E-state index contributed by atoms with van der Waals surface area (Å²) in [6, 6.07) is 12.3. The Morgan fingerprint density at radius 1 is 1.24 bits per heavy atom. The maximum Gasteiger partial charge on any atom is 0.220 e. The first-order chi connectivity index (χ1) is 11.9. The molecule has 0 bridgehead atoms. The molecule has 4 nitrogen and oxygen atoms in total. The van der Waals surface area contributed by atoms with Gasteiger partial charge in [0.15, 0.2) is 0 Å². The van der Waals surface area contributed by atoms with E-state index in [9.17, 15) is 4.79 Å². The van der Waals surface area contributed by atoms with Gasteiger partial charge in [0.1, 0.15) is 12.4 Å². The van der Waals surface area contributed by atoms with E-state index in [0.717, 1.165) is 28.3 Å². The highest BCUT2D eigenvalue weighted by atomic mass is 16.5. The number of hydrogen-bond donors (Lipinski definition) is 1. The number of rotatable bonds is 7. The van der Waals surface area contributed by atoms with Crippen molar-refractivity contribution in [1.29, 1.82) is 0 Å². The summed E-state index contributed by atoms with van der Waals surface area (Å²) in [5, 5.41) is 0. The molecule has 3 rings (SSSR count). The molecule has 132 valence electrons. The number of primary amides is 1. The van der Waals surface area contributed by atoms with Crippen LogP contribution in [0.1, 0.15) is 61.0 Å². The summed E-state index contributed by atoms with van der Waals surface area (Å²) in [5.74, 6) is 1.17. The summed E-state index contributed by atoms with van der Waals surface area (Å²) in [6.45, 7) is 6.43. The first-order valence-electron chi connectivity index (χ1n) is 8.93. The minimum Gasteiger partial charge on any atom is -0.489 e. The van der Waals surface area contributed by atoms with E-state index in [1.807, 2.05) is 26.8 Å². The Balaban J connectivity index is 1.63. The molecule has 4 heteroatoms. The third kappa shape index (κ3) is 4.38. The van der Waals surface area contributed by atoms with Crippen LogP contribution in [0.4, 0.5) is 0 Å². The second-order valence-electron chi connectivity index (χ2n) is 7.15. The Labute approximate surface area is 149 Å². The fourth-order valence-electron chi connectivity index (χ4n) is 2.95. The predicted octanol–water partition coefficient (Wildman–Crippen LogP) is 4.07. The lowest BCUT2D eigenvalue weighted by Gasteiger charge is -2.17. The number of amides is 1. The van der Waals surface area contributed by atoms with Crippen molar-refractivity contribution in [1.82, 2.24) is 4.98 Å². The van der Waals surface area contributed by atoms with Gasteiger partial charge in [0.05, 0.1) is 0 Å². The maximum absolute atomic E-state index is 11.3. The number of nitrogens with two attached hydrogens (primary N) is 1. The van der Waals surface area contributed by atoms with Crippen LogP contribution in [-0.2, 0) is 11.4 Å². The van der Waals surface area contributed by atoms with Crippen molar-refractivity contribution in [2.45, 2.75) is 52.1 Å². The van der Waals surface area contributed by atoms with Crippen LogP contribution in [0.15, 0.2) is 36.4 Å². The van der Waals surface area contributed by atoms with Gasteiger partial charge in [-0.3, -0.25) is 9.78 Å². The largest absolute Gasteiger partial charge is 0.489 e. The van der Waals surface area contributed by atoms with Crippen LogP contribution in [0.25, 0.3) is 0 Å². The lowest BCUT2D eigenvalue weighted by atomic mass is 9.88. The van der Waals surface area contributed by atoms with Crippen LogP contribution >= 0.6 is 0 Å². The number of pyridine rings is 1. The molecule has 25 heavy (non-hydrogen) atoms. The van der Waals surface area contributed by atoms with E-state index in [4.69, 9.17) is 10.5 Å². The van der Waals surface area contributed by atoms with Gasteiger partial charge in [-0.2, -0.15) is 0 Å². The summed E-state index contributed by atoms with van der Waals surface area (Å²) >= 11 is 0. The van der Waals surface area contributed by atoms with Gasteiger partial charge in [-0.25, -0.2) is 0 Å². The molecule has 0 radical (unpaired) electrons. The van der Waals surface area contributed by atoms with Gasteiger partial charge in [0, 0.05) is 35.4 Å². The molecule has 1 aromatic carbocycles. The van der Waals surface area contributed by atoms with Crippen LogP contribution in [0.5, 0.6) is 5.75 Å². The summed E-state index contributed by atoms with van der Waals surface area (Å²) in [5.41, 5.74) is 9.78. The first kappa shape index (κ1) is 17.5. The molecule has 1 fully saturated rings. The molecule has 1 unspecified atom stereocenters. The van der Waals surface area contributed by atoms with E-state index in [2.05, 4.69) is 35.3 Å². The van der Waals surface area contributed by atoms with Gasteiger partial charge in [-0.05, 0) is 36.8 Å². The monoisotopic (exact) mass is 338 g/mol. The lowest BCUT2D eigenvalue weighted by Crippen LogP contribution is -2.24. The highest BCUT2D eigenvalue weighted by molar-refractivity contribution is 5.77. The molecule has 2 aromatic rings. The third-order valence-electron chi connectivity index (χ3n) is 5.05. The normalized spacial score (nSPS) is 16.3. The van der Waals surface area contributed by atoms with Crippen LogP contribution in [0.3, 0.4) is 0 Å². The number of nitrogens with zero attached hydrogens (tertiary/aromatic N) is 1. The summed E-state index contributed by atoms with van der Waals surface area (Å²) in [4.78, 5) is 15.9. The highest BCUT2D eigenvalue weighted by Crippen LogP contribution is 2.40. The minimum atomic E-state index is -0.264. The molecule has 0 spiro atoms. The molecule has 0 saturated heterocycles. The van der Waals surface area contributed by atoms with Crippen LogP contribution in [0, 0.1) is 12.8 Å². The van der Waals surface area contributed by atoms with Gasteiger partial charge in [-0.1, -0.05) is 38.1 Å². The van der Waals surface area contributed by atoms with Crippen LogP contribution < -0.4 is 10.5 Å². The van der Waals surface area contributed by atoms with Crippen LogP contribution in [0.2, 0.25) is 0 Å². The number of carbonyl (C=O) groups excluding carboxylic acids is 1. The Morgan fingerprint density at radius 2 is 1.92 bits per heavy atom. The highest BCUT2D eigenvalue weighted by Gasteiger charge is 2.25. The molecule has 0 aliphatic heterocycles. The summed E-state index contributed by atoms with van der Waals surface area (Å²) < 4.78 is 5.96. The molecule has 1 saturated carbocycles. The van der Waals surface area contributed by atoms with Gasteiger partial charge in [0.2, 0.25) is 5.91 Å². The second-order valence-corrected chi connectivity index (χ2v) is 7.15. The van der Waals surface area contributed by atoms with Crippen molar-refractivity contribution in [3.8, 4) is 5.75 Å². The van der Waals surface area contributed by atoms with Gasteiger partial charge in [-0.15, -0.1) is 0 Å². The third-order valence-corrected chi connectivity index (χ3v) is 5.05. The SMILES string of the molecule is Cc1cc(OCc2ccc([C@@H](C)C(C)C(N)=O)cc2)cc(C2CC2)n1. The van der Waals surface area contributed by atoms with E-state index >= 15 is 0 Å². The Kier molecular flexibility index (Phi) is 5.07. The quantitative estimate of drug-likeness (QED) is 0.827. The minimum absolute atomic E-state index is 0.108. The predicted molar refractivity (Wildman–Crippen MR) is 98.5 cm³/mol. The van der Waals surface area contributed by atoms with Gasteiger partial charge in [0.25, 0.3) is 0 Å². The van der Waals surface area contributed by atoms with Crippen molar-refractivity contribution in [3.63, 3.8) is 0 Å². The van der Waals surface area contributed by atoms with Crippen molar-refractivity contribution >= 4 is 5.91 Å². The number of ether oxygens (including phenoxy) is 1. The van der Waals surface area contributed by atoms with Crippen molar-refractivity contribution in [2.24, 2.45) is 11.7 Å². The first-order valence-corrected chi connectivity index (χ1v) is 8.93. The molecule has 2 N–H and O–H groups in total. The standard InChI is InChI=1S/C21H26N2O2/c1-13-10-19(11-20(23-13)18-8-9-18)25-12-16-4-6-17(7-5-16)14(2)15(3)21(22)24/h4-7,10-11,14-15,18H,8-9,12H2,1-3H3,(H2,22,24)/t14-,15?/m0/s1. The fourth-order valence-corrected chi connectivity index (χ4v) is 2.95. The topological polar surface area (TPSA) is 65.2 Å².